The maximum Gasteiger partial charge on any atom is 0.225 e. The maximum atomic E-state index is 12.2. The van der Waals surface area contributed by atoms with E-state index in [1.54, 1.807) is 0 Å². The smallest absolute Gasteiger partial charge is 0.225 e. The molecule has 0 unspecified atom stereocenters. The Balaban J connectivity index is 0.00000218. The third-order valence-corrected chi connectivity index (χ3v) is 6.11. The number of aryl methyl sites for hydroxylation is 1. The summed E-state index contributed by atoms with van der Waals surface area (Å²) in [5.41, 5.74) is 4.52. The molecule has 5 heteroatoms. The predicted octanol–water partition coefficient (Wildman–Crippen LogP) is 5.41. The van der Waals surface area contributed by atoms with Gasteiger partial charge in [0.05, 0.1) is 5.52 Å². The van der Waals surface area contributed by atoms with Crippen LogP contribution >= 0.6 is 12.4 Å². The number of amides is 1. The molecule has 0 N–H and O–H groups in total. The minimum absolute atomic E-state index is 0. The molecular weight excluding hydrogens is 396 g/mol. The van der Waals surface area contributed by atoms with Crippen LogP contribution in [0.3, 0.4) is 0 Å². The molecule has 1 aliphatic carbocycles. The number of halogens is 1. The summed E-state index contributed by atoms with van der Waals surface area (Å²) in [6.07, 6.45) is 6.10. The molecule has 2 heterocycles. The van der Waals surface area contributed by atoms with Crippen LogP contribution in [0.1, 0.15) is 31.2 Å². The average Bonchev–Trinajstić information content (AvgIpc) is 3.60. The van der Waals surface area contributed by atoms with Crippen LogP contribution in [-0.2, 0) is 4.79 Å². The Morgan fingerprint density at radius 3 is 2.43 bits per heavy atom. The Hall–Kier alpha value is -2.59. The first kappa shape index (κ1) is 20.7. The molecule has 1 saturated heterocycles. The number of hydrogen-bond donors (Lipinski definition) is 0. The number of nitrogens with zero attached hydrogens (tertiary/aromatic N) is 2. The molecule has 30 heavy (non-hydrogen) atoms. The normalized spacial score (nSPS) is 16.9. The van der Waals surface area contributed by atoms with Crippen LogP contribution in [0.4, 0.5) is 0 Å². The number of carbonyl (C=O) groups is 1. The van der Waals surface area contributed by atoms with E-state index in [0.29, 0.717) is 11.8 Å². The molecule has 4 nitrogen and oxygen atoms in total. The van der Waals surface area contributed by atoms with Gasteiger partial charge in [-0.05, 0) is 55.2 Å². The van der Waals surface area contributed by atoms with Crippen LogP contribution in [0.25, 0.3) is 22.0 Å². The molecule has 2 fully saturated rings. The van der Waals surface area contributed by atoms with Gasteiger partial charge in [-0.15, -0.1) is 12.4 Å². The Morgan fingerprint density at radius 1 is 1.00 bits per heavy atom. The van der Waals surface area contributed by atoms with Gasteiger partial charge in [-0.3, -0.25) is 9.78 Å². The van der Waals surface area contributed by atoms with Gasteiger partial charge < -0.3 is 9.64 Å². The molecule has 0 radical (unpaired) electrons. The van der Waals surface area contributed by atoms with Crippen molar-refractivity contribution in [2.45, 2.75) is 38.7 Å². The summed E-state index contributed by atoms with van der Waals surface area (Å²) >= 11 is 0. The number of rotatable bonds is 4. The molecule has 3 aromatic rings. The average molecular weight is 423 g/mol. The summed E-state index contributed by atoms with van der Waals surface area (Å²) < 4.78 is 6.19. The fraction of sp³-hybridized carbons (Fsp3) is 0.360. The number of piperidine rings is 1. The highest BCUT2D eigenvalue weighted by Crippen LogP contribution is 2.32. The summed E-state index contributed by atoms with van der Waals surface area (Å²) in [7, 11) is 0. The summed E-state index contributed by atoms with van der Waals surface area (Å²) in [6.45, 7) is 3.76. The first-order valence-corrected chi connectivity index (χ1v) is 10.6. The lowest BCUT2D eigenvalue weighted by Crippen LogP contribution is -2.42. The highest BCUT2D eigenvalue weighted by molar-refractivity contribution is 5.86. The molecule has 0 spiro atoms. The lowest BCUT2D eigenvalue weighted by Gasteiger charge is -2.32. The van der Waals surface area contributed by atoms with Crippen molar-refractivity contribution in [3.8, 4) is 16.9 Å². The summed E-state index contributed by atoms with van der Waals surface area (Å²) in [4.78, 5) is 18.8. The van der Waals surface area contributed by atoms with E-state index in [1.165, 1.54) is 10.9 Å². The molecule has 2 aliphatic rings. The summed E-state index contributed by atoms with van der Waals surface area (Å²) in [5, 5.41) is 1.19. The quantitative estimate of drug-likeness (QED) is 0.564. The zero-order chi connectivity index (χ0) is 19.8. The monoisotopic (exact) mass is 422 g/mol. The third-order valence-electron chi connectivity index (χ3n) is 6.11. The Labute approximate surface area is 183 Å². The SMILES string of the molecule is Cc1cccc2ncc(-c3ccc(OC4CCN(C(=O)C5CC5)CC4)cc3)cc12.Cl. The van der Waals surface area contributed by atoms with Gasteiger partial charge >= 0.3 is 0 Å². The first-order chi connectivity index (χ1) is 14.2. The van der Waals surface area contributed by atoms with Crippen molar-refractivity contribution in [1.29, 1.82) is 0 Å². The fourth-order valence-electron chi connectivity index (χ4n) is 4.16. The van der Waals surface area contributed by atoms with Crippen molar-refractivity contribution in [3.05, 3.63) is 60.3 Å². The van der Waals surface area contributed by atoms with Gasteiger partial charge in [0, 0.05) is 49.0 Å². The van der Waals surface area contributed by atoms with Gasteiger partial charge in [0.2, 0.25) is 5.91 Å². The molecule has 2 aromatic carbocycles. The molecule has 0 atom stereocenters. The van der Waals surface area contributed by atoms with Gasteiger partial charge in [-0.25, -0.2) is 0 Å². The van der Waals surface area contributed by atoms with Crippen LogP contribution in [0.5, 0.6) is 5.75 Å². The fourth-order valence-corrected chi connectivity index (χ4v) is 4.16. The van der Waals surface area contributed by atoms with E-state index in [0.717, 1.165) is 61.2 Å². The molecule has 1 amide bonds. The standard InChI is InChI=1S/C25H26N2O2.ClH/c1-17-3-2-4-24-23(17)15-20(16-26-24)18-7-9-21(10-8-18)29-22-11-13-27(14-12-22)25(28)19-5-6-19;/h2-4,7-10,15-16,19,22H,5-6,11-14H2,1H3;1H. The Morgan fingerprint density at radius 2 is 1.73 bits per heavy atom. The number of aromatic nitrogens is 1. The van der Waals surface area contributed by atoms with Crippen molar-refractivity contribution in [1.82, 2.24) is 9.88 Å². The van der Waals surface area contributed by atoms with E-state index in [-0.39, 0.29) is 18.5 Å². The zero-order valence-electron chi connectivity index (χ0n) is 17.2. The second-order valence-electron chi connectivity index (χ2n) is 8.31. The molecule has 0 bridgehead atoms. The lowest BCUT2D eigenvalue weighted by molar-refractivity contribution is -0.134. The van der Waals surface area contributed by atoms with Crippen LogP contribution in [0.2, 0.25) is 0 Å². The molecule has 5 rings (SSSR count). The predicted molar refractivity (Wildman–Crippen MR) is 122 cm³/mol. The third kappa shape index (κ3) is 4.29. The van der Waals surface area contributed by atoms with E-state index < -0.39 is 0 Å². The first-order valence-electron chi connectivity index (χ1n) is 10.6. The van der Waals surface area contributed by atoms with Crippen LogP contribution in [0, 0.1) is 12.8 Å². The van der Waals surface area contributed by atoms with Gasteiger partial charge in [0.25, 0.3) is 0 Å². The molecule has 1 aromatic heterocycles. The van der Waals surface area contributed by atoms with Crippen molar-refractivity contribution in [2.24, 2.45) is 5.92 Å². The molecule has 1 saturated carbocycles. The second kappa shape index (κ2) is 8.65. The van der Waals surface area contributed by atoms with Crippen LogP contribution in [0.15, 0.2) is 54.7 Å². The van der Waals surface area contributed by atoms with Crippen LogP contribution in [-0.4, -0.2) is 35.0 Å². The van der Waals surface area contributed by atoms with E-state index in [9.17, 15) is 4.79 Å². The molecule has 156 valence electrons. The Bertz CT molecular complexity index is 1040. The number of fused-ring (bicyclic) bond motifs is 1. The van der Waals surface area contributed by atoms with E-state index in [2.05, 4.69) is 36.2 Å². The summed E-state index contributed by atoms with van der Waals surface area (Å²) in [6, 6.07) is 16.7. The molecule has 1 aliphatic heterocycles. The van der Waals surface area contributed by atoms with E-state index >= 15 is 0 Å². The number of benzene rings is 2. The summed E-state index contributed by atoms with van der Waals surface area (Å²) in [5.74, 6) is 1.56. The minimum Gasteiger partial charge on any atom is -0.490 e. The number of carbonyl (C=O) groups excluding carboxylic acids is 1. The highest BCUT2D eigenvalue weighted by Gasteiger charge is 2.35. The maximum absolute atomic E-state index is 12.2. The van der Waals surface area contributed by atoms with E-state index in [4.69, 9.17) is 4.74 Å². The van der Waals surface area contributed by atoms with Crippen molar-refractivity contribution in [2.75, 3.05) is 13.1 Å². The van der Waals surface area contributed by atoms with Gasteiger partial charge in [0.15, 0.2) is 0 Å². The number of hydrogen-bond acceptors (Lipinski definition) is 3. The largest absolute Gasteiger partial charge is 0.490 e. The zero-order valence-corrected chi connectivity index (χ0v) is 18.0. The Kier molecular flexibility index (Phi) is 5.96. The van der Waals surface area contributed by atoms with Crippen molar-refractivity contribution in [3.63, 3.8) is 0 Å². The second-order valence-corrected chi connectivity index (χ2v) is 8.31. The number of pyridine rings is 1. The van der Waals surface area contributed by atoms with Gasteiger partial charge in [-0.1, -0.05) is 24.3 Å². The minimum atomic E-state index is 0. The lowest BCUT2D eigenvalue weighted by atomic mass is 10.0. The van der Waals surface area contributed by atoms with Gasteiger partial charge in [0.1, 0.15) is 11.9 Å². The van der Waals surface area contributed by atoms with Crippen LogP contribution < -0.4 is 4.74 Å². The topological polar surface area (TPSA) is 42.4 Å². The van der Waals surface area contributed by atoms with E-state index in [1.807, 2.05) is 35.4 Å². The van der Waals surface area contributed by atoms with Crippen molar-refractivity contribution >= 4 is 29.2 Å². The molecular formula is C25H27ClN2O2. The van der Waals surface area contributed by atoms with Gasteiger partial charge in [-0.2, -0.15) is 0 Å². The number of ether oxygens (including phenoxy) is 1. The number of likely N-dealkylation sites (tertiary alicyclic amines) is 1. The van der Waals surface area contributed by atoms with Crippen molar-refractivity contribution < 1.29 is 9.53 Å². The highest BCUT2D eigenvalue weighted by atomic mass is 35.5.